The van der Waals surface area contributed by atoms with E-state index in [1.54, 1.807) is 11.8 Å². The Hall–Kier alpha value is -0.680. The van der Waals surface area contributed by atoms with Crippen LogP contribution in [0.3, 0.4) is 0 Å². The molecule has 0 saturated heterocycles. The maximum atomic E-state index is 6.39. The molecule has 122 valence electrons. The Bertz CT molecular complexity index is 570. The van der Waals surface area contributed by atoms with Crippen molar-refractivity contribution in [1.82, 2.24) is 5.16 Å². The van der Waals surface area contributed by atoms with Gasteiger partial charge in [0.25, 0.3) is 0 Å². The normalized spacial score (nSPS) is 21.7. The predicted octanol–water partition coefficient (Wildman–Crippen LogP) is 5.09. The van der Waals surface area contributed by atoms with Crippen LogP contribution in [0.1, 0.15) is 58.6 Å². The summed E-state index contributed by atoms with van der Waals surface area (Å²) in [4.78, 5) is 4.74. The number of hydrogen-bond donors (Lipinski definition) is 1. The molecule has 3 rings (SSSR count). The van der Waals surface area contributed by atoms with E-state index in [0.29, 0.717) is 16.3 Å². The molecule has 0 aromatic carbocycles. The van der Waals surface area contributed by atoms with E-state index in [9.17, 15) is 0 Å². The van der Waals surface area contributed by atoms with E-state index < -0.39 is 0 Å². The molecule has 1 N–H and O–H groups in total. The molecule has 2 aliphatic rings. The number of aromatic nitrogens is 1. The summed E-state index contributed by atoms with van der Waals surface area (Å²) < 4.78 is 5.37. The van der Waals surface area contributed by atoms with Crippen LogP contribution in [-0.2, 0) is 5.41 Å². The summed E-state index contributed by atoms with van der Waals surface area (Å²) in [7, 11) is 0. The van der Waals surface area contributed by atoms with Crippen LogP contribution < -0.4 is 5.32 Å². The number of halogens is 1. The minimum Gasteiger partial charge on any atom is -0.336 e. The summed E-state index contributed by atoms with van der Waals surface area (Å²) in [6.45, 7) is 7.13. The molecule has 1 saturated carbocycles. The van der Waals surface area contributed by atoms with Gasteiger partial charge in [0.05, 0.1) is 0 Å². The quantitative estimate of drug-likeness (QED) is 0.772. The molecule has 1 aliphatic heterocycles. The summed E-state index contributed by atoms with van der Waals surface area (Å²) >= 11 is 8.17. The second-order valence-corrected chi connectivity index (χ2v) is 8.86. The molecule has 1 aliphatic carbocycles. The fourth-order valence-corrected chi connectivity index (χ4v) is 4.70. The average molecular weight is 342 g/mol. The van der Waals surface area contributed by atoms with Crippen molar-refractivity contribution >= 4 is 34.4 Å². The molecular weight excluding hydrogens is 318 g/mol. The number of nitrogens with zero attached hydrogens (tertiary/aromatic N) is 2. The van der Waals surface area contributed by atoms with Gasteiger partial charge in [-0.05, 0) is 18.3 Å². The van der Waals surface area contributed by atoms with Gasteiger partial charge in [0.2, 0.25) is 5.88 Å². The van der Waals surface area contributed by atoms with E-state index >= 15 is 0 Å². The van der Waals surface area contributed by atoms with Crippen LogP contribution in [0.5, 0.6) is 0 Å². The van der Waals surface area contributed by atoms with Crippen molar-refractivity contribution in [3.8, 4) is 0 Å². The Morgan fingerprint density at radius 2 is 1.95 bits per heavy atom. The number of amidine groups is 1. The highest BCUT2D eigenvalue weighted by Gasteiger charge is 2.35. The molecule has 2 heterocycles. The second-order valence-electron chi connectivity index (χ2n) is 7.52. The molecule has 0 atom stereocenters. The third kappa shape index (κ3) is 3.30. The first-order valence-corrected chi connectivity index (χ1v) is 9.36. The summed E-state index contributed by atoms with van der Waals surface area (Å²) in [5, 5.41) is 8.78. The Morgan fingerprint density at radius 3 is 2.50 bits per heavy atom. The van der Waals surface area contributed by atoms with Crippen LogP contribution in [0.15, 0.2) is 9.52 Å². The zero-order valence-corrected chi connectivity index (χ0v) is 15.1. The van der Waals surface area contributed by atoms with Crippen molar-refractivity contribution < 1.29 is 4.52 Å². The maximum absolute atomic E-state index is 6.39. The number of rotatable bonds is 1. The SMILES string of the molecule is CC(C)(C)c1noc(NC2=NCC3(CCCCC3)CS2)c1Cl. The third-order valence-electron chi connectivity index (χ3n) is 4.55. The minimum atomic E-state index is -0.131. The van der Waals surface area contributed by atoms with Gasteiger partial charge in [0.1, 0.15) is 10.7 Å². The van der Waals surface area contributed by atoms with Gasteiger partial charge in [-0.2, -0.15) is 0 Å². The molecule has 0 amide bonds. The van der Waals surface area contributed by atoms with E-state index in [1.807, 2.05) is 0 Å². The van der Waals surface area contributed by atoms with Gasteiger partial charge < -0.3 is 9.84 Å². The van der Waals surface area contributed by atoms with E-state index in [2.05, 4.69) is 31.2 Å². The van der Waals surface area contributed by atoms with Crippen LogP contribution in [-0.4, -0.2) is 22.6 Å². The number of anilines is 1. The van der Waals surface area contributed by atoms with Crippen LogP contribution >= 0.6 is 23.4 Å². The lowest BCUT2D eigenvalue weighted by Gasteiger charge is -2.38. The average Bonchev–Trinajstić information content (AvgIpc) is 2.84. The lowest BCUT2D eigenvalue weighted by molar-refractivity contribution is 0.232. The highest BCUT2D eigenvalue weighted by Crippen LogP contribution is 2.42. The predicted molar refractivity (Wildman–Crippen MR) is 94.1 cm³/mol. The van der Waals surface area contributed by atoms with Crippen molar-refractivity contribution in [2.75, 3.05) is 17.6 Å². The molecule has 0 radical (unpaired) electrons. The molecule has 0 bridgehead atoms. The first-order chi connectivity index (χ1) is 10.4. The number of thioether (sulfide) groups is 1. The van der Waals surface area contributed by atoms with Crippen LogP contribution in [0.25, 0.3) is 0 Å². The molecule has 4 nitrogen and oxygen atoms in total. The molecule has 1 spiro atoms. The Morgan fingerprint density at radius 1 is 1.23 bits per heavy atom. The highest BCUT2D eigenvalue weighted by atomic mass is 35.5. The first-order valence-electron chi connectivity index (χ1n) is 8.00. The zero-order valence-electron chi connectivity index (χ0n) is 13.5. The van der Waals surface area contributed by atoms with Gasteiger partial charge in [0, 0.05) is 17.7 Å². The fourth-order valence-electron chi connectivity index (χ4n) is 3.15. The van der Waals surface area contributed by atoms with E-state index in [1.165, 1.54) is 32.1 Å². The van der Waals surface area contributed by atoms with Crippen molar-refractivity contribution in [2.45, 2.75) is 58.3 Å². The van der Waals surface area contributed by atoms with Crippen LogP contribution in [0.2, 0.25) is 5.02 Å². The molecular formula is C16H24ClN3OS. The Labute approximate surface area is 141 Å². The number of hydrogen-bond acceptors (Lipinski definition) is 5. The lowest BCUT2D eigenvalue weighted by Crippen LogP contribution is -2.35. The van der Waals surface area contributed by atoms with Gasteiger partial charge in [-0.15, -0.1) is 0 Å². The van der Waals surface area contributed by atoms with Crippen LogP contribution in [0.4, 0.5) is 5.88 Å². The first kappa shape index (κ1) is 16.2. The molecule has 0 unspecified atom stereocenters. The molecule has 1 fully saturated rings. The van der Waals surface area contributed by atoms with Gasteiger partial charge in [-0.3, -0.25) is 4.99 Å². The van der Waals surface area contributed by atoms with Crippen molar-refractivity contribution in [3.05, 3.63) is 10.7 Å². The number of aliphatic imine (C=N–C) groups is 1. The van der Waals surface area contributed by atoms with Crippen LogP contribution in [0, 0.1) is 5.41 Å². The smallest absolute Gasteiger partial charge is 0.249 e. The Kier molecular flexibility index (Phi) is 4.47. The second kappa shape index (κ2) is 6.08. The van der Waals surface area contributed by atoms with Gasteiger partial charge >= 0.3 is 0 Å². The van der Waals surface area contributed by atoms with E-state index in [4.69, 9.17) is 21.1 Å². The Balaban J connectivity index is 1.69. The maximum Gasteiger partial charge on any atom is 0.249 e. The van der Waals surface area contributed by atoms with E-state index in [0.717, 1.165) is 23.2 Å². The monoisotopic (exact) mass is 341 g/mol. The van der Waals surface area contributed by atoms with Crippen molar-refractivity contribution in [2.24, 2.45) is 10.4 Å². The zero-order chi connectivity index (χ0) is 15.8. The van der Waals surface area contributed by atoms with Crippen molar-refractivity contribution in [1.29, 1.82) is 0 Å². The number of nitrogens with one attached hydrogen (secondary N) is 1. The van der Waals surface area contributed by atoms with Gasteiger partial charge in [0.15, 0.2) is 5.17 Å². The fraction of sp³-hybridized carbons (Fsp3) is 0.750. The molecule has 1 aromatic rings. The molecule has 22 heavy (non-hydrogen) atoms. The minimum absolute atomic E-state index is 0.131. The standard InChI is InChI=1S/C16H24ClN3OS/c1-15(2,3)12-11(17)13(21-20-12)19-14-18-9-16(10-22-14)7-5-4-6-8-16/h4-10H2,1-3H3,(H,18,19). The molecule has 1 aromatic heterocycles. The largest absolute Gasteiger partial charge is 0.336 e. The summed E-state index contributed by atoms with van der Waals surface area (Å²) in [6.07, 6.45) is 6.70. The third-order valence-corrected chi connectivity index (χ3v) is 6.17. The summed E-state index contributed by atoms with van der Waals surface area (Å²) in [5.74, 6) is 1.65. The summed E-state index contributed by atoms with van der Waals surface area (Å²) in [5.41, 5.74) is 1.08. The molecule has 6 heteroatoms. The topological polar surface area (TPSA) is 50.4 Å². The lowest BCUT2D eigenvalue weighted by atomic mass is 9.75. The van der Waals surface area contributed by atoms with E-state index in [-0.39, 0.29) is 5.41 Å². The van der Waals surface area contributed by atoms with Gasteiger partial charge in [-0.1, -0.05) is 68.6 Å². The van der Waals surface area contributed by atoms with Crippen molar-refractivity contribution in [3.63, 3.8) is 0 Å². The highest BCUT2D eigenvalue weighted by molar-refractivity contribution is 8.14. The van der Waals surface area contributed by atoms with Gasteiger partial charge in [-0.25, -0.2) is 0 Å². The summed E-state index contributed by atoms with van der Waals surface area (Å²) in [6, 6.07) is 0.